The quantitative estimate of drug-likeness (QED) is 0.560. The average molecular weight is 451 g/mol. The van der Waals surface area contributed by atoms with Crippen LogP contribution in [0.1, 0.15) is 24.8 Å². The first-order valence-electron chi connectivity index (χ1n) is 10.7. The molecule has 0 atom stereocenters. The van der Waals surface area contributed by atoms with Gasteiger partial charge in [0.15, 0.2) is 10.6 Å². The molecule has 2 amide bonds. The van der Waals surface area contributed by atoms with Crippen molar-refractivity contribution in [1.29, 1.82) is 0 Å². The first-order valence-corrected chi connectivity index (χ1v) is 11.1. The number of aryl methyl sites for hydroxylation is 1. The number of amides is 2. The van der Waals surface area contributed by atoms with Gasteiger partial charge in [0.25, 0.3) is 0 Å². The largest absolute Gasteiger partial charge is 0.343 e. The van der Waals surface area contributed by atoms with Gasteiger partial charge in [-0.05, 0) is 50.2 Å². The first kappa shape index (κ1) is 21.9. The van der Waals surface area contributed by atoms with E-state index in [9.17, 15) is 9.59 Å². The lowest BCUT2D eigenvalue weighted by molar-refractivity contribution is -0.134. The van der Waals surface area contributed by atoms with Gasteiger partial charge in [-0.25, -0.2) is 0 Å². The van der Waals surface area contributed by atoms with Crippen LogP contribution in [0, 0.1) is 17.6 Å². The predicted octanol–water partition coefficient (Wildman–Crippen LogP) is 3.58. The fourth-order valence-electron chi connectivity index (χ4n) is 3.97. The van der Waals surface area contributed by atoms with Crippen LogP contribution in [0.3, 0.4) is 0 Å². The maximum absolute atomic E-state index is 12.8. The molecule has 4 rings (SSSR count). The summed E-state index contributed by atoms with van der Waals surface area (Å²) in [5, 5.41) is 10.1. The van der Waals surface area contributed by atoms with Crippen LogP contribution in [0.15, 0.2) is 48.8 Å². The lowest BCUT2D eigenvalue weighted by atomic mass is 9.95. The molecule has 0 radical (unpaired) electrons. The lowest BCUT2D eigenvalue weighted by Gasteiger charge is -2.31. The van der Waals surface area contributed by atoms with Crippen LogP contribution in [-0.2, 0) is 16.1 Å². The molecule has 3 heterocycles. The third-order valence-corrected chi connectivity index (χ3v) is 6.06. The van der Waals surface area contributed by atoms with Gasteiger partial charge >= 0.3 is 0 Å². The molecule has 2 N–H and O–H groups in total. The molecule has 0 unspecified atom stereocenters. The van der Waals surface area contributed by atoms with E-state index in [1.807, 2.05) is 40.7 Å². The van der Waals surface area contributed by atoms with Crippen molar-refractivity contribution < 1.29 is 9.59 Å². The summed E-state index contributed by atoms with van der Waals surface area (Å²) in [6, 6.07) is 11.6. The van der Waals surface area contributed by atoms with Gasteiger partial charge < -0.3 is 10.2 Å². The van der Waals surface area contributed by atoms with Crippen LogP contribution in [0.2, 0.25) is 0 Å². The molecular weight excluding hydrogens is 424 g/mol. The van der Waals surface area contributed by atoms with E-state index in [-0.39, 0.29) is 17.7 Å². The fourth-order valence-corrected chi connectivity index (χ4v) is 4.19. The van der Waals surface area contributed by atoms with Crippen molar-refractivity contribution in [3.8, 4) is 11.4 Å². The second kappa shape index (κ2) is 9.86. The SMILES string of the molecule is Cc1cccc(-c2n[nH]c(=S)n2CCC(=O)N2CCC(C(=O)Nc3ccncc3)CC2)c1. The van der Waals surface area contributed by atoms with E-state index in [0.717, 1.165) is 22.6 Å². The third-order valence-electron chi connectivity index (χ3n) is 5.75. The number of H-pyrrole nitrogens is 1. The Labute approximate surface area is 191 Å². The van der Waals surface area contributed by atoms with Gasteiger partial charge in [-0.2, -0.15) is 5.10 Å². The molecule has 32 heavy (non-hydrogen) atoms. The molecule has 9 heteroatoms. The number of carbonyl (C=O) groups excluding carboxylic acids is 2. The predicted molar refractivity (Wildman–Crippen MR) is 124 cm³/mol. The standard InChI is InChI=1S/C23H26N6O2S/c1-16-3-2-4-18(15-16)21-26-27-23(32)29(21)14-9-20(30)28-12-7-17(8-13-28)22(31)25-19-5-10-24-11-6-19/h2-6,10-11,15,17H,7-9,12-14H2,1H3,(H,27,32)(H,24,25,31). The number of benzene rings is 1. The summed E-state index contributed by atoms with van der Waals surface area (Å²) in [5.41, 5.74) is 2.84. The Morgan fingerprint density at radius 3 is 2.66 bits per heavy atom. The number of rotatable bonds is 6. The summed E-state index contributed by atoms with van der Waals surface area (Å²) in [4.78, 5) is 31.1. The van der Waals surface area contributed by atoms with E-state index in [1.54, 1.807) is 24.5 Å². The van der Waals surface area contributed by atoms with Crippen molar-refractivity contribution in [1.82, 2.24) is 24.6 Å². The minimum atomic E-state index is -0.0948. The van der Waals surface area contributed by atoms with Crippen LogP contribution in [-0.4, -0.2) is 49.6 Å². The molecule has 166 valence electrons. The number of hydrogen-bond acceptors (Lipinski definition) is 5. The van der Waals surface area contributed by atoms with Crippen molar-refractivity contribution in [3.05, 3.63) is 59.1 Å². The van der Waals surface area contributed by atoms with Crippen LogP contribution in [0.4, 0.5) is 5.69 Å². The Bertz CT molecular complexity index is 1150. The van der Waals surface area contributed by atoms with Crippen molar-refractivity contribution in [2.75, 3.05) is 18.4 Å². The number of piperidine rings is 1. The van der Waals surface area contributed by atoms with Crippen molar-refractivity contribution >= 4 is 29.7 Å². The summed E-state index contributed by atoms with van der Waals surface area (Å²) in [6.45, 7) is 3.64. The first-order chi connectivity index (χ1) is 15.5. The number of carbonyl (C=O) groups is 2. The van der Waals surface area contributed by atoms with Crippen molar-refractivity contribution in [3.63, 3.8) is 0 Å². The van der Waals surface area contributed by atoms with Gasteiger partial charge in [0.2, 0.25) is 11.8 Å². The number of anilines is 1. The minimum absolute atomic E-state index is 0.00389. The number of likely N-dealkylation sites (tertiary alicyclic amines) is 1. The number of nitrogens with zero attached hydrogens (tertiary/aromatic N) is 4. The molecule has 1 aromatic carbocycles. The van der Waals surface area contributed by atoms with Crippen molar-refractivity contribution in [2.45, 2.75) is 32.7 Å². The molecule has 1 aliphatic rings. The molecule has 0 spiro atoms. The molecular formula is C23H26N6O2S. The monoisotopic (exact) mass is 450 g/mol. The van der Waals surface area contributed by atoms with Crippen LogP contribution < -0.4 is 5.32 Å². The van der Waals surface area contributed by atoms with E-state index in [4.69, 9.17) is 12.2 Å². The second-order valence-corrected chi connectivity index (χ2v) is 8.39. The molecule has 3 aromatic rings. The normalized spacial score (nSPS) is 14.3. The zero-order valence-corrected chi connectivity index (χ0v) is 18.8. The summed E-state index contributed by atoms with van der Waals surface area (Å²) in [5.74, 6) is 0.702. The van der Waals surface area contributed by atoms with Gasteiger partial charge in [0, 0.05) is 55.6 Å². The van der Waals surface area contributed by atoms with Crippen molar-refractivity contribution in [2.24, 2.45) is 5.92 Å². The molecule has 0 aliphatic carbocycles. The number of hydrogen-bond donors (Lipinski definition) is 2. The molecule has 1 aliphatic heterocycles. The van der Waals surface area contributed by atoms with E-state index in [1.165, 1.54) is 0 Å². The zero-order valence-electron chi connectivity index (χ0n) is 18.0. The number of nitrogens with one attached hydrogen (secondary N) is 2. The highest BCUT2D eigenvalue weighted by atomic mass is 32.1. The Balaban J connectivity index is 1.31. The number of aromatic amines is 1. The van der Waals surface area contributed by atoms with Crippen LogP contribution in [0.5, 0.6) is 0 Å². The van der Waals surface area contributed by atoms with E-state index >= 15 is 0 Å². The molecule has 1 saturated heterocycles. The minimum Gasteiger partial charge on any atom is -0.343 e. The maximum atomic E-state index is 12.8. The van der Waals surface area contributed by atoms with E-state index < -0.39 is 0 Å². The number of pyridine rings is 1. The summed E-state index contributed by atoms with van der Waals surface area (Å²) in [6.07, 6.45) is 4.94. The summed E-state index contributed by atoms with van der Waals surface area (Å²) >= 11 is 5.38. The Morgan fingerprint density at radius 2 is 1.94 bits per heavy atom. The van der Waals surface area contributed by atoms with Crippen LogP contribution >= 0.6 is 12.2 Å². The highest BCUT2D eigenvalue weighted by Crippen LogP contribution is 2.22. The highest BCUT2D eigenvalue weighted by Gasteiger charge is 2.27. The van der Waals surface area contributed by atoms with E-state index in [2.05, 4.69) is 20.5 Å². The van der Waals surface area contributed by atoms with Gasteiger partial charge in [0.1, 0.15) is 0 Å². The number of aromatic nitrogens is 4. The van der Waals surface area contributed by atoms with Gasteiger partial charge in [-0.1, -0.05) is 23.8 Å². The maximum Gasteiger partial charge on any atom is 0.227 e. The Kier molecular flexibility index (Phi) is 6.75. The Morgan fingerprint density at radius 1 is 1.19 bits per heavy atom. The van der Waals surface area contributed by atoms with Gasteiger partial charge in [0.05, 0.1) is 0 Å². The molecule has 0 saturated carbocycles. The molecule has 0 bridgehead atoms. The smallest absolute Gasteiger partial charge is 0.227 e. The van der Waals surface area contributed by atoms with E-state index in [0.29, 0.717) is 43.7 Å². The molecule has 8 nitrogen and oxygen atoms in total. The second-order valence-electron chi connectivity index (χ2n) is 8.00. The van der Waals surface area contributed by atoms with Crippen LogP contribution in [0.25, 0.3) is 11.4 Å². The topological polar surface area (TPSA) is 95.9 Å². The van der Waals surface area contributed by atoms with Gasteiger partial charge in [-0.15, -0.1) is 0 Å². The summed E-state index contributed by atoms with van der Waals surface area (Å²) < 4.78 is 2.37. The summed E-state index contributed by atoms with van der Waals surface area (Å²) in [7, 11) is 0. The highest BCUT2D eigenvalue weighted by molar-refractivity contribution is 7.71. The fraction of sp³-hybridized carbons (Fsp3) is 0.348. The lowest BCUT2D eigenvalue weighted by Crippen LogP contribution is -2.41. The zero-order chi connectivity index (χ0) is 22.5. The average Bonchev–Trinajstić information content (AvgIpc) is 3.18. The third kappa shape index (κ3) is 5.11. The molecule has 2 aromatic heterocycles. The van der Waals surface area contributed by atoms with Gasteiger partial charge in [-0.3, -0.25) is 24.2 Å². The Hall–Kier alpha value is -3.33. The molecule has 1 fully saturated rings.